The minimum absolute atomic E-state index is 0.0662. The third kappa shape index (κ3) is 7.14. The molecule has 0 aliphatic carbocycles. The summed E-state index contributed by atoms with van der Waals surface area (Å²) in [5.74, 6) is -1.32. The van der Waals surface area contributed by atoms with Gasteiger partial charge in [0.15, 0.2) is 5.40 Å². The SMILES string of the molecule is CCOP(=O)(OCC)C(C[C@]1(c2ccc(F)cc2)C(=O)N(C(=O)OC(C)(C)C)c2ccc(C)cc21)P(=O)(OCC)OCC. The third-order valence-corrected chi connectivity index (χ3v) is 12.8. The molecule has 2 aromatic rings. The molecule has 1 aliphatic rings. The Kier molecular flexibility index (Phi) is 11.2. The molecule has 0 fully saturated rings. The number of amides is 2. The van der Waals surface area contributed by atoms with E-state index in [1.54, 1.807) is 66.7 Å². The van der Waals surface area contributed by atoms with E-state index in [0.717, 1.165) is 10.5 Å². The molecular weight excluding hydrogens is 599 g/mol. The fourth-order valence-corrected chi connectivity index (χ4v) is 10.7. The number of hydrogen-bond acceptors (Lipinski definition) is 9. The summed E-state index contributed by atoms with van der Waals surface area (Å²) >= 11 is 0. The molecule has 0 N–H and O–H groups in total. The van der Waals surface area contributed by atoms with Gasteiger partial charge >= 0.3 is 21.3 Å². The summed E-state index contributed by atoms with van der Waals surface area (Å²) in [6, 6.07) is 10.2. The molecule has 1 heterocycles. The highest BCUT2D eigenvalue weighted by Crippen LogP contribution is 2.73. The Morgan fingerprint density at radius 3 is 1.81 bits per heavy atom. The molecule has 0 bridgehead atoms. The second-order valence-corrected chi connectivity index (χ2v) is 15.8. The predicted octanol–water partition coefficient (Wildman–Crippen LogP) is 7.95. The van der Waals surface area contributed by atoms with Crippen LogP contribution in [0.4, 0.5) is 14.9 Å². The number of aryl methyl sites for hydroxylation is 1. The Hall–Kier alpha value is -2.39. The van der Waals surface area contributed by atoms with Gasteiger partial charge < -0.3 is 22.8 Å². The molecular formula is C30H42FNO9P2. The predicted molar refractivity (Wildman–Crippen MR) is 162 cm³/mol. The highest BCUT2D eigenvalue weighted by atomic mass is 31.2. The molecule has 3 rings (SSSR count). The van der Waals surface area contributed by atoms with Gasteiger partial charge in [0.1, 0.15) is 16.8 Å². The largest absolute Gasteiger partial charge is 0.443 e. The summed E-state index contributed by atoms with van der Waals surface area (Å²) in [6.45, 7) is 13.0. The van der Waals surface area contributed by atoms with Crippen molar-refractivity contribution in [2.45, 2.75) is 78.2 Å². The van der Waals surface area contributed by atoms with E-state index in [1.807, 2.05) is 6.92 Å². The summed E-state index contributed by atoms with van der Waals surface area (Å²) < 4.78 is 71.8. The van der Waals surface area contributed by atoms with E-state index in [4.69, 9.17) is 22.8 Å². The molecule has 238 valence electrons. The minimum atomic E-state index is -4.34. The first-order valence-corrected chi connectivity index (χ1v) is 17.6. The molecule has 10 nitrogen and oxygen atoms in total. The van der Waals surface area contributed by atoms with Crippen LogP contribution in [0.15, 0.2) is 42.5 Å². The second-order valence-electron chi connectivity index (χ2n) is 11.0. The number of benzene rings is 2. The lowest BCUT2D eigenvalue weighted by atomic mass is 9.73. The average Bonchev–Trinajstić information content (AvgIpc) is 3.14. The fraction of sp³-hybridized carbons (Fsp3) is 0.533. The van der Waals surface area contributed by atoms with Crippen molar-refractivity contribution in [3.63, 3.8) is 0 Å². The van der Waals surface area contributed by atoms with Crippen LogP contribution < -0.4 is 4.90 Å². The van der Waals surface area contributed by atoms with E-state index < -0.39 is 55.8 Å². The monoisotopic (exact) mass is 641 g/mol. The second kappa shape index (κ2) is 13.7. The van der Waals surface area contributed by atoms with Crippen LogP contribution in [-0.2, 0) is 42.2 Å². The Bertz CT molecular complexity index is 1360. The summed E-state index contributed by atoms with van der Waals surface area (Å²) in [6.07, 6.45) is -1.42. The van der Waals surface area contributed by atoms with Crippen LogP contribution in [0.5, 0.6) is 0 Å². The number of anilines is 1. The lowest BCUT2D eigenvalue weighted by molar-refractivity contribution is -0.121. The molecule has 43 heavy (non-hydrogen) atoms. The zero-order chi connectivity index (χ0) is 32.2. The van der Waals surface area contributed by atoms with Crippen molar-refractivity contribution >= 4 is 32.9 Å². The quantitative estimate of drug-likeness (QED) is 0.201. The number of fused-ring (bicyclic) bond motifs is 1. The van der Waals surface area contributed by atoms with Gasteiger partial charge in [-0.2, -0.15) is 0 Å². The number of hydrogen-bond donors (Lipinski definition) is 0. The van der Waals surface area contributed by atoms with Gasteiger partial charge in [0.25, 0.3) is 5.91 Å². The molecule has 0 aromatic heterocycles. The van der Waals surface area contributed by atoms with E-state index in [1.165, 1.54) is 24.3 Å². The van der Waals surface area contributed by atoms with Gasteiger partial charge in [-0.1, -0.05) is 29.8 Å². The Morgan fingerprint density at radius 1 is 0.884 bits per heavy atom. The van der Waals surface area contributed by atoms with Crippen LogP contribution in [0.1, 0.15) is 71.6 Å². The molecule has 0 saturated heterocycles. The molecule has 0 radical (unpaired) electrons. The maximum Gasteiger partial charge on any atom is 0.421 e. The van der Waals surface area contributed by atoms with Crippen molar-refractivity contribution in [1.82, 2.24) is 0 Å². The summed E-state index contributed by atoms with van der Waals surface area (Å²) in [7, 11) is -8.67. The van der Waals surface area contributed by atoms with Gasteiger partial charge in [0.05, 0.1) is 32.1 Å². The van der Waals surface area contributed by atoms with E-state index in [-0.39, 0.29) is 37.7 Å². The van der Waals surface area contributed by atoms with Crippen LogP contribution in [0.2, 0.25) is 0 Å². The van der Waals surface area contributed by atoms with Gasteiger partial charge in [0.2, 0.25) is 0 Å². The van der Waals surface area contributed by atoms with Crippen LogP contribution in [0.3, 0.4) is 0 Å². The van der Waals surface area contributed by atoms with Gasteiger partial charge in [-0.25, -0.2) is 14.1 Å². The molecule has 1 atom stereocenters. The van der Waals surface area contributed by atoms with E-state index in [0.29, 0.717) is 5.56 Å². The lowest BCUT2D eigenvalue weighted by Crippen LogP contribution is -2.47. The molecule has 0 unspecified atom stereocenters. The van der Waals surface area contributed by atoms with Crippen molar-refractivity contribution in [3.8, 4) is 0 Å². The molecule has 2 aromatic carbocycles. The third-order valence-electron chi connectivity index (χ3n) is 6.79. The van der Waals surface area contributed by atoms with Crippen LogP contribution >= 0.6 is 15.2 Å². The maximum atomic E-state index is 14.8. The first kappa shape index (κ1) is 35.1. The Balaban J connectivity index is 2.44. The summed E-state index contributed by atoms with van der Waals surface area (Å²) in [4.78, 5) is 29.3. The summed E-state index contributed by atoms with van der Waals surface area (Å²) in [5.41, 5.74) is -1.19. The van der Waals surface area contributed by atoms with Crippen molar-refractivity contribution in [3.05, 3.63) is 65.0 Å². The topological polar surface area (TPSA) is 118 Å². The maximum absolute atomic E-state index is 14.8. The minimum Gasteiger partial charge on any atom is -0.443 e. The van der Waals surface area contributed by atoms with Crippen LogP contribution in [-0.4, -0.2) is 49.4 Å². The highest BCUT2D eigenvalue weighted by Gasteiger charge is 2.62. The zero-order valence-corrected chi connectivity index (χ0v) is 27.8. The molecule has 2 amide bonds. The number of halogens is 1. The highest BCUT2D eigenvalue weighted by molar-refractivity contribution is 7.72. The smallest absolute Gasteiger partial charge is 0.421 e. The van der Waals surface area contributed by atoms with Crippen molar-refractivity contribution in [2.24, 2.45) is 0 Å². The van der Waals surface area contributed by atoms with Crippen molar-refractivity contribution in [2.75, 3.05) is 31.3 Å². The van der Waals surface area contributed by atoms with E-state index in [9.17, 15) is 23.1 Å². The number of rotatable bonds is 13. The first-order valence-electron chi connectivity index (χ1n) is 14.3. The van der Waals surface area contributed by atoms with Gasteiger partial charge in [0, 0.05) is 0 Å². The lowest BCUT2D eigenvalue weighted by Gasteiger charge is -2.37. The fourth-order valence-electron chi connectivity index (χ4n) is 5.23. The number of carbonyl (C=O) groups is 2. The van der Waals surface area contributed by atoms with E-state index in [2.05, 4.69) is 0 Å². The van der Waals surface area contributed by atoms with Crippen LogP contribution in [0.25, 0.3) is 0 Å². The molecule has 13 heteroatoms. The van der Waals surface area contributed by atoms with Gasteiger partial charge in [-0.3, -0.25) is 13.9 Å². The Morgan fingerprint density at radius 2 is 1.37 bits per heavy atom. The van der Waals surface area contributed by atoms with E-state index >= 15 is 0 Å². The van der Waals surface area contributed by atoms with Crippen molar-refractivity contribution < 1.29 is 45.9 Å². The van der Waals surface area contributed by atoms with Crippen molar-refractivity contribution in [1.29, 1.82) is 0 Å². The van der Waals surface area contributed by atoms with Gasteiger partial charge in [-0.15, -0.1) is 0 Å². The number of nitrogens with zero attached hydrogens (tertiary/aromatic N) is 1. The molecule has 0 saturated carbocycles. The average molecular weight is 642 g/mol. The van der Waals surface area contributed by atoms with Gasteiger partial charge in [-0.05, 0) is 91.1 Å². The Labute approximate surface area is 253 Å². The number of imide groups is 1. The summed E-state index contributed by atoms with van der Waals surface area (Å²) in [5, 5.41) is -1.61. The van der Waals surface area contributed by atoms with Crippen LogP contribution in [0, 0.1) is 12.7 Å². The normalized spacial score (nSPS) is 17.4. The molecule has 0 spiro atoms. The standard InChI is InChI=1S/C30H42FNO9P2/c1-9-37-42(35,38-10-2)26(43(36,39-11-3)40-12-4)20-30(22-14-16-23(31)17-15-22)24-19-21(5)13-18-25(24)32(27(30)33)28(34)41-29(6,7)8/h13-19,26H,9-12,20H2,1-8H3/t30-/m1/s1. The first-order chi connectivity index (χ1) is 20.1. The molecule has 1 aliphatic heterocycles. The number of ether oxygens (including phenoxy) is 1. The zero-order valence-electron chi connectivity index (χ0n) is 26.0. The number of carbonyl (C=O) groups excluding carboxylic acids is 2.